The highest BCUT2D eigenvalue weighted by molar-refractivity contribution is 5.40. The van der Waals surface area contributed by atoms with Crippen LogP contribution in [-0.2, 0) is 0 Å². The first-order chi connectivity index (χ1) is 10.6. The summed E-state index contributed by atoms with van der Waals surface area (Å²) in [5.74, 6) is 0.658. The second-order valence-electron chi connectivity index (χ2n) is 5.62. The van der Waals surface area contributed by atoms with E-state index in [1.165, 1.54) is 0 Å². The minimum absolute atomic E-state index is 0.0499. The van der Waals surface area contributed by atoms with Gasteiger partial charge in [-0.05, 0) is 24.8 Å². The first kappa shape index (κ1) is 16.3. The van der Waals surface area contributed by atoms with E-state index in [2.05, 4.69) is 13.8 Å². The van der Waals surface area contributed by atoms with E-state index < -0.39 is 5.63 Å². The average Bonchev–Trinajstić information content (AvgIpc) is 2.53. The Morgan fingerprint density at radius 2 is 1.68 bits per heavy atom. The molecule has 0 fully saturated rings. The lowest BCUT2D eigenvalue weighted by atomic mass is 9.89. The summed E-state index contributed by atoms with van der Waals surface area (Å²) in [6.45, 7) is 6.11. The van der Waals surface area contributed by atoms with Crippen molar-refractivity contribution in [2.45, 2.75) is 51.9 Å². The van der Waals surface area contributed by atoms with Crippen LogP contribution in [0, 0.1) is 0 Å². The molecule has 0 aliphatic carbocycles. The van der Waals surface area contributed by atoms with E-state index in [-0.39, 0.29) is 17.6 Å². The third kappa shape index (κ3) is 3.24. The van der Waals surface area contributed by atoms with Crippen molar-refractivity contribution in [3.63, 3.8) is 0 Å². The molecule has 1 unspecified atom stereocenters. The van der Waals surface area contributed by atoms with Gasteiger partial charge in [0.1, 0.15) is 11.5 Å². The molecule has 0 saturated heterocycles. The molecule has 2 rings (SSSR count). The minimum Gasteiger partial charge on any atom is -0.507 e. The summed E-state index contributed by atoms with van der Waals surface area (Å²) in [7, 11) is 0. The molecule has 0 aliphatic rings. The van der Waals surface area contributed by atoms with Gasteiger partial charge in [-0.25, -0.2) is 4.79 Å². The fourth-order valence-corrected chi connectivity index (χ4v) is 3.01. The maximum atomic E-state index is 12.4. The van der Waals surface area contributed by atoms with Crippen LogP contribution in [-0.4, -0.2) is 5.11 Å². The van der Waals surface area contributed by atoms with Crippen molar-refractivity contribution in [2.24, 2.45) is 0 Å². The Hall–Kier alpha value is -2.03. The van der Waals surface area contributed by atoms with Crippen molar-refractivity contribution in [3.8, 4) is 5.75 Å². The van der Waals surface area contributed by atoms with Crippen molar-refractivity contribution in [1.82, 2.24) is 0 Å². The molecule has 1 aromatic carbocycles. The smallest absolute Gasteiger partial charge is 0.343 e. The highest BCUT2D eigenvalue weighted by Gasteiger charge is 2.23. The molecule has 118 valence electrons. The first-order valence-electron chi connectivity index (χ1n) is 8.04. The zero-order valence-corrected chi connectivity index (χ0v) is 13.5. The predicted octanol–water partition coefficient (Wildman–Crippen LogP) is 4.79. The predicted molar refractivity (Wildman–Crippen MR) is 88.5 cm³/mol. The number of hydrogen-bond donors (Lipinski definition) is 1. The molecule has 0 spiro atoms. The molecule has 0 saturated carbocycles. The lowest BCUT2D eigenvalue weighted by Crippen LogP contribution is -2.15. The largest absolute Gasteiger partial charge is 0.507 e. The Morgan fingerprint density at radius 3 is 2.18 bits per heavy atom. The van der Waals surface area contributed by atoms with Crippen molar-refractivity contribution >= 4 is 0 Å². The van der Waals surface area contributed by atoms with E-state index in [1.54, 1.807) is 6.07 Å². The molecule has 0 amide bonds. The molecule has 1 heterocycles. The van der Waals surface area contributed by atoms with Crippen LogP contribution in [0.3, 0.4) is 0 Å². The van der Waals surface area contributed by atoms with E-state index in [0.29, 0.717) is 11.3 Å². The normalized spacial score (nSPS) is 12.5. The molecular formula is C19H24O3. The molecule has 0 radical (unpaired) electrons. The SMILES string of the molecule is CCC(CC)c1cc(O)c(C(CC)c2ccccc2)c(=O)o1. The molecule has 3 nitrogen and oxygen atoms in total. The van der Waals surface area contributed by atoms with Crippen LogP contribution in [0.25, 0.3) is 0 Å². The van der Waals surface area contributed by atoms with Gasteiger partial charge in [0.25, 0.3) is 0 Å². The van der Waals surface area contributed by atoms with E-state index in [1.807, 2.05) is 37.3 Å². The Bertz CT molecular complexity index is 654. The highest BCUT2D eigenvalue weighted by atomic mass is 16.4. The van der Waals surface area contributed by atoms with E-state index in [9.17, 15) is 9.90 Å². The zero-order valence-electron chi connectivity index (χ0n) is 13.5. The molecule has 3 heteroatoms. The lowest BCUT2D eigenvalue weighted by molar-refractivity contribution is 0.379. The molecule has 2 aromatic rings. The summed E-state index contributed by atoms with van der Waals surface area (Å²) in [4.78, 5) is 12.4. The van der Waals surface area contributed by atoms with Gasteiger partial charge in [-0.1, -0.05) is 51.1 Å². The molecule has 1 aromatic heterocycles. The second-order valence-corrected chi connectivity index (χ2v) is 5.62. The van der Waals surface area contributed by atoms with Crippen LogP contribution in [0.1, 0.15) is 68.8 Å². The van der Waals surface area contributed by atoms with Gasteiger partial charge in [0.2, 0.25) is 0 Å². The number of rotatable bonds is 6. The number of aromatic hydroxyl groups is 1. The Balaban J connectivity index is 2.50. The van der Waals surface area contributed by atoms with Crippen molar-refractivity contribution in [2.75, 3.05) is 0 Å². The van der Waals surface area contributed by atoms with Gasteiger partial charge in [0.15, 0.2) is 0 Å². The fraction of sp³-hybridized carbons (Fsp3) is 0.421. The summed E-state index contributed by atoms with van der Waals surface area (Å²) in [6, 6.07) is 11.4. The van der Waals surface area contributed by atoms with Crippen molar-refractivity contribution < 1.29 is 9.52 Å². The molecule has 0 aliphatic heterocycles. The van der Waals surface area contributed by atoms with Crippen molar-refractivity contribution in [1.29, 1.82) is 0 Å². The van der Waals surface area contributed by atoms with Crippen LogP contribution in [0.15, 0.2) is 45.6 Å². The van der Waals surface area contributed by atoms with Crippen LogP contribution >= 0.6 is 0 Å². The average molecular weight is 300 g/mol. The van der Waals surface area contributed by atoms with E-state index in [4.69, 9.17) is 4.42 Å². The maximum Gasteiger partial charge on any atom is 0.343 e. The summed E-state index contributed by atoms with van der Waals surface area (Å²) >= 11 is 0. The van der Waals surface area contributed by atoms with Gasteiger partial charge >= 0.3 is 5.63 Å². The molecule has 1 N–H and O–H groups in total. The van der Waals surface area contributed by atoms with Crippen LogP contribution < -0.4 is 5.63 Å². The number of hydrogen-bond acceptors (Lipinski definition) is 3. The highest BCUT2D eigenvalue weighted by Crippen LogP contribution is 2.33. The summed E-state index contributed by atoms with van der Waals surface area (Å²) in [6.07, 6.45) is 2.49. The Morgan fingerprint density at radius 1 is 1.05 bits per heavy atom. The van der Waals surface area contributed by atoms with Crippen LogP contribution in [0.5, 0.6) is 5.75 Å². The van der Waals surface area contributed by atoms with Gasteiger partial charge in [-0.15, -0.1) is 0 Å². The Kier molecular flexibility index (Phi) is 5.42. The summed E-state index contributed by atoms with van der Waals surface area (Å²) in [5.41, 5.74) is 0.962. The topological polar surface area (TPSA) is 50.4 Å². The zero-order chi connectivity index (χ0) is 16.1. The monoisotopic (exact) mass is 300 g/mol. The number of benzene rings is 1. The molecular weight excluding hydrogens is 276 g/mol. The van der Waals surface area contributed by atoms with Crippen molar-refractivity contribution in [3.05, 3.63) is 63.7 Å². The van der Waals surface area contributed by atoms with Gasteiger partial charge in [-0.2, -0.15) is 0 Å². The molecule has 1 atom stereocenters. The quantitative estimate of drug-likeness (QED) is 0.834. The van der Waals surface area contributed by atoms with Crippen LogP contribution in [0.4, 0.5) is 0 Å². The Labute approximate surface area is 131 Å². The lowest BCUT2D eigenvalue weighted by Gasteiger charge is -2.18. The third-order valence-corrected chi connectivity index (χ3v) is 4.33. The van der Waals surface area contributed by atoms with Gasteiger partial charge in [0.05, 0.1) is 5.56 Å². The summed E-state index contributed by atoms with van der Waals surface area (Å²) in [5, 5.41) is 10.4. The molecule has 22 heavy (non-hydrogen) atoms. The second kappa shape index (κ2) is 7.30. The standard InChI is InChI=1S/C19H24O3/c1-4-13(5-2)17-12-16(20)18(19(21)22-17)15(6-3)14-10-8-7-9-11-14/h7-13,15,20H,4-6H2,1-3H3. The summed E-state index contributed by atoms with van der Waals surface area (Å²) < 4.78 is 5.52. The first-order valence-corrected chi connectivity index (χ1v) is 8.04. The van der Waals surface area contributed by atoms with Gasteiger partial charge in [0, 0.05) is 17.9 Å². The van der Waals surface area contributed by atoms with E-state index >= 15 is 0 Å². The maximum absolute atomic E-state index is 12.4. The van der Waals surface area contributed by atoms with Gasteiger partial charge in [-0.3, -0.25) is 0 Å². The minimum atomic E-state index is -0.419. The third-order valence-electron chi connectivity index (χ3n) is 4.33. The fourth-order valence-electron chi connectivity index (χ4n) is 3.01. The molecule has 0 bridgehead atoms. The van der Waals surface area contributed by atoms with E-state index in [0.717, 1.165) is 24.8 Å². The van der Waals surface area contributed by atoms with Gasteiger partial charge < -0.3 is 9.52 Å². The van der Waals surface area contributed by atoms with Crippen LogP contribution in [0.2, 0.25) is 0 Å².